The van der Waals surface area contributed by atoms with Crippen LogP contribution >= 0.6 is 0 Å². The monoisotopic (exact) mass is 450 g/mol. The minimum Gasteiger partial charge on any atom is -0.378 e. The van der Waals surface area contributed by atoms with Crippen LogP contribution in [0.1, 0.15) is 47.7 Å². The second-order valence-electron chi connectivity index (χ2n) is 9.80. The molecule has 0 radical (unpaired) electrons. The van der Waals surface area contributed by atoms with E-state index in [0.29, 0.717) is 12.0 Å². The van der Waals surface area contributed by atoms with Gasteiger partial charge in [0.1, 0.15) is 5.78 Å². The van der Waals surface area contributed by atoms with Gasteiger partial charge in [-0.2, -0.15) is 0 Å². The van der Waals surface area contributed by atoms with Crippen LogP contribution in [0.25, 0.3) is 0 Å². The highest BCUT2D eigenvalue weighted by Crippen LogP contribution is 2.32. The average Bonchev–Trinajstić information content (AvgIpc) is 2.81. The Morgan fingerprint density at radius 1 is 1.00 bits per heavy atom. The van der Waals surface area contributed by atoms with Crippen molar-refractivity contribution in [2.75, 3.05) is 51.8 Å². The Morgan fingerprint density at radius 2 is 1.64 bits per heavy atom. The molecular weight excluding hydrogens is 412 g/mol. The van der Waals surface area contributed by atoms with Gasteiger partial charge in [0.05, 0.1) is 19.6 Å². The molecule has 1 atom stereocenters. The molecule has 0 bridgehead atoms. The third kappa shape index (κ3) is 7.24. The van der Waals surface area contributed by atoms with Crippen LogP contribution in [0.5, 0.6) is 0 Å². The number of anilines is 1. The van der Waals surface area contributed by atoms with Gasteiger partial charge in [-0.15, -0.1) is 0 Å². The molecule has 1 unspecified atom stereocenters. The van der Waals surface area contributed by atoms with Gasteiger partial charge in [0, 0.05) is 29.8 Å². The van der Waals surface area contributed by atoms with E-state index in [9.17, 15) is 9.59 Å². The molecule has 0 N–H and O–H groups in total. The SMILES string of the molecule is Cc1ccc(CC(C)(CCCN(C)C)C(=O)CC(=O)c2ccc(N3CCOCC3)cc2)cc1. The maximum atomic E-state index is 13.5. The summed E-state index contributed by atoms with van der Waals surface area (Å²) in [5.74, 6) is -0.0691. The molecule has 0 aliphatic carbocycles. The molecule has 1 heterocycles. The number of nitrogens with zero attached hydrogens (tertiary/aromatic N) is 2. The third-order valence-electron chi connectivity index (χ3n) is 6.61. The summed E-state index contributed by atoms with van der Waals surface area (Å²) in [6.07, 6.45) is 2.29. The van der Waals surface area contributed by atoms with Crippen molar-refractivity contribution >= 4 is 17.3 Å². The third-order valence-corrected chi connectivity index (χ3v) is 6.61. The Labute approximate surface area is 198 Å². The maximum Gasteiger partial charge on any atom is 0.170 e. The minimum absolute atomic E-state index is 0.0316. The van der Waals surface area contributed by atoms with Gasteiger partial charge >= 0.3 is 0 Å². The lowest BCUT2D eigenvalue weighted by atomic mass is 9.74. The molecule has 5 nitrogen and oxygen atoms in total. The Hall–Kier alpha value is -2.50. The number of hydrogen-bond donors (Lipinski definition) is 0. The van der Waals surface area contributed by atoms with Gasteiger partial charge in [-0.05, 0) is 76.7 Å². The normalized spacial score (nSPS) is 16.0. The number of ether oxygens (including phenoxy) is 1. The Bertz CT molecular complexity index is 915. The van der Waals surface area contributed by atoms with E-state index in [1.54, 1.807) is 0 Å². The number of ketones is 2. The van der Waals surface area contributed by atoms with Crippen molar-refractivity contribution in [2.24, 2.45) is 5.41 Å². The number of benzene rings is 2. The van der Waals surface area contributed by atoms with Crippen LogP contribution in [-0.2, 0) is 16.0 Å². The highest BCUT2D eigenvalue weighted by molar-refractivity contribution is 6.09. The van der Waals surface area contributed by atoms with Crippen molar-refractivity contribution in [3.8, 4) is 0 Å². The quantitative estimate of drug-likeness (QED) is 0.371. The van der Waals surface area contributed by atoms with Crippen LogP contribution in [0.4, 0.5) is 5.69 Å². The van der Waals surface area contributed by atoms with Crippen molar-refractivity contribution < 1.29 is 14.3 Å². The van der Waals surface area contributed by atoms with E-state index in [4.69, 9.17) is 4.74 Å². The van der Waals surface area contributed by atoms with Crippen molar-refractivity contribution in [1.82, 2.24) is 4.90 Å². The van der Waals surface area contributed by atoms with E-state index in [0.717, 1.165) is 56.9 Å². The second-order valence-corrected chi connectivity index (χ2v) is 9.80. The van der Waals surface area contributed by atoms with Gasteiger partial charge in [0.2, 0.25) is 0 Å². The Balaban J connectivity index is 1.68. The molecule has 33 heavy (non-hydrogen) atoms. The molecule has 1 fully saturated rings. The lowest BCUT2D eigenvalue weighted by Crippen LogP contribution is -2.36. The standard InChI is InChI=1S/C28H38N2O3/c1-22-6-8-23(9-7-22)21-28(2,14-5-15-29(3)4)27(32)20-26(31)24-10-12-25(13-11-24)30-16-18-33-19-17-30/h6-13H,5,14-21H2,1-4H3. The zero-order chi connectivity index (χ0) is 23.8. The molecular formula is C28H38N2O3. The molecule has 2 aromatic carbocycles. The first kappa shape index (κ1) is 25.1. The molecule has 1 aliphatic heterocycles. The average molecular weight is 451 g/mol. The summed E-state index contributed by atoms with van der Waals surface area (Å²) in [6, 6.07) is 16.0. The topological polar surface area (TPSA) is 49.9 Å². The summed E-state index contributed by atoms with van der Waals surface area (Å²) in [4.78, 5) is 30.9. The zero-order valence-electron chi connectivity index (χ0n) is 20.6. The fourth-order valence-corrected chi connectivity index (χ4v) is 4.41. The fourth-order valence-electron chi connectivity index (χ4n) is 4.41. The van der Waals surface area contributed by atoms with E-state index in [-0.39, 0.29) is 18.0 Å². The summed E-state index contributed by atoms with van der Waals surface area (Å²) in [5, 5.41) is 0. The molecule has 0 spiro atoms. The van der Waals surface area contributed by atoms with Crippen LogP contribution in [0, 0.1) is 12.3 Å². The van der Waals surface area contributed by atoms with Crippen molar-refractivity contribution in [2.45, 2.75) is 39.5 Å². The number of aryl methyl sites for hydroxylation is 1. The first-order valence-corrected chi connectivity index (χ1v) is 12.0. The number of morpholine rings is 1. The summed E-state index contributed by atoms with van der Waals surface area (Å²) in [7, 11) is 4.09. The van der Waals surface area contributed by atoms with Crippen LogP contribution in [0.2, 0.25) is 0 Å². The van der Waals surface area contributed by atoms with Gasteiger partial charge in [0.25, 0.3) is 0 Å². The molecule has 2 aromatic rings. The lowest BCUT2D eigenvalue weighted by molar-refractivity contribution is -0.127. The van der Waals surface area contributed by atoms with E-state index in [2.05, 4.69) is 41.0 Å². The molecule has 178 valence electrons. The maximum absolute atomic E-state index is 13.5. The Morgan fingerprint density at radius 3 is 2.24 bits per heavy atom. The van der Waals surface area contributed by atoms with Crippen LogP contribution in [0.3, 0.4) is 0 Å². The molecule has 1 aliphatic rings. The zero-order valence-corrected chi connectivity index (χ0v) is 20.6. The second kappa shape index (κ2) is 11.6. The molecule has 3 rings (SSSR count). The molecule has 0 aromatic heterocycles. The van der Waals surface area contributed by atoms with E-state index in [1.165, 1.54) is 5.56 Å². The number of Topliss-reactive ketones (excluding diaryl/α,β-unsaturated/α-hetero) is 2. The van der Waals surface area contributed by atoms with Crippen LogP contribution in [-0.4, -0.2) is 63.4 Å². The first-order valence-electron chi connectivity index (χ1n) is 12.0. The highest BCUT2D eigenvalue weighted by Gasteiger charge is 2.34. The van der Waals surface area contributed by atoms with Crippen molar-refractivity contribution in [1.29, 1.82) is 0 Å². The van der Waals surface area contributed by atoms with Gasteiger partial charge in [-0.1, -0.05) is 36.8 Å². The van der Waals surface area contributed by atoms with Crippen LogP contribution in [0.15, 0.2) is 48.5 Å². The smallest absolute Gasteiger partial charge is 0.170 e. The molecule has 5 heteroatoms. The van der Waals surface area contributed by atoms with E-state index >= 15 is 0 Å². The lowest BCUT2D eigenvalue weighted by Gasteiger charge is -2.29. The predicted molar refractivity (Wildman–Crippen MR) is 134 cm³/mol. The highest BCUT2D eigenvalue weighted by atomic mass is 16.5. The molecule has 0 saturated carbocycles. The number of rotatable bonds is 11. The van der Waals surface area contributed by atoms with Crippen molar-refractivity contribution in [3.63, 3.8) is 0 Å². The van der Waals surface area contributed by atoms with Crippen LogP contribution < -0.4 is 4.90 Å². The van der Waals surface area contributed by atoms with Gasteiger partial charge in [-0.25, -0.2) is 0 Å². The van der Waals surface area contributed by atoms with Gasteiger partial charge in [0.15, 0.2) is 5.78 Å². The number of carbonyl (C=O) groups excluding carboxylic acids is 2. The van der Waals surface area contributed by atoms with E-state index in [1.807, 2.05) is 45.3 Å². The van der Waals surface area contributed by atoms with Gasteiger partial charge < -0.3 is 14.5 Å². The largest absolute Gasteiger partial charge is 0.378 e. The fraction of sp³-hybridized carbons (Fsp3) is 0.500. The summed E-state index contributed by atoms with van der Waals surface area (Å²) < 4.78 is 5.41. The predicted octanol–water partition coefficient (Wildman–Crippen LogP) is 4.56. The Kier molecular flexibility index (Phi) is 8.81. The summed E-state index contributed by atoms with van der Waals surface area (Å²) in [5.41, 5.74) is 3.48. The van der Waals surface area contributed by atoms with Gasteiger partial charge in [-0.3, -0.25) is 9.59 Å². The summed E-state index contributed by atoms with van der Waals surface area (Å²) >= 11 is 0. The summed E-state index contributed by atoms with van der Waals surface area (Å²) in [6.45, 7) is 8.18. The number of hydrogen-bond acceptors (Lipinski definition) is 5. The van der Waals surface area contributed by atoms with Crippen molar-refractivity contribution in [3.05, 3.63) is 65.2 Å². The first-order chi connectivity index (χ1) is 15.8. The molecule has 0 amide bonds. The van der Waals surface area contributed by atoms with E-state index < -0.39 is 5.41 Å². The molecule has 1 saturated heterocycles. The minimum atomic E-state index is -0.561. The number of carbonyl (C=O) groups is 2.